The Bertz CT molecular complexity index is 736. The van der Waals surface area contributed by atoms with E-state index in [9.17, 15) is 13.5 Å². The highest BCUT2D eigenvalue weighted by Gasteiger charge is 2.10. The van der Waals surface area contributed by atoms with E-state index in [2.05, 4.69) is 0 Å². The largest absolute Gasteiger partial charge is 0.505 e. The van der Waals surface area contributed by atoms with Gasteiger partial charge in [-0.1, -0.05) is 30.3 Å². The molecule has 2 aromatic carbocycles. The van der Waals surface area contributed by atoms with Crippen molar-refractivity contribution >= 4 is 21.5 Å². The van der Waals surface area contributed by atoms with Crippen LogP contribution in [0.2, 0.25) is 0 Å². The number of primary sulfonamides is 1. The van der Waals surface area contributed by atoms with Gasteiger partial charge >= 0.3 is 0 Å². The first-order valence-corrected chi connectivity index (χ1v) is 7.31. The topological polar surface area (TPSA) is 106 Å². The molecule has 0 atom stereocenters. The lowest BCUT2D eigenvalue weighted by molar-refractivity contribution is 0.512. The summed E-state index contributed by atoms with van der Waals surface area (Å²) in [5, 5.41) is 15.1. The van der Waals surface area contributed by atoms with E-state index in [1.807, 2.05) is 6.07 Å². The minimum atomic E-state index is -3.75. The zero-order chi connectivity index (χ0) is 14.8. The van der Waals surface area contributed by atoms with Crippen LogP contribution in [0, 0.1) is 0 Å². The van der Waals surface area contributed by atoms with Crippen molar-refractivity contribution in [3.8, 4) is 0 Å². The maximum absolute atomic E-state index is 11.1. The number of aliphatic hydroxyl groups excluding tert-OH is 1. The molecular formula is C14H14N2O3S. The van der Waals surface area contributed by atoms with Gasteiger partial charge in [0.1, 0.15) is 5.76 Å². The Labute approximate surface area is 117 Å². The average molecular weight is 290 g/mol. The highest BCUT2D eigenvalue weighted by molar-refractivity contribution is 7.89. The molecule has 0 unspecified atom stereocenters. The average Bonchev–Trinajstić information content (AvgIpc) is 2.46. The van der Waals surface area contributed by atoms with E-state index in [0.29, 0.717) is 11.1 Å². The SMILES string of the molecule is N/C(=C(\O)c1ccc(S(N)(=O)=O)cc1)c1ccccc1. The Hall–Kier alpha value is -2.31. The third-order valence-corrected chi connectivity index (χ3v) is 3.73. The van der Waals surface area contributed by atoms with Gasteiger partial charge in [0.2, 0.25) is 10.0 Å². The molecule has 0 amide bonds. The summed E-state index contributed by atoms with van der Waals surface area (Å²) >= 11 is 0. The lowest BCUT2D eigenvalue weighted by Crippen LogP contribution is -2.12. The molecule has 5 nitrogen and oxygen atoms in total. The lowest BCUT2D eigenvalue weighted by Gasteiger charge is -2.07. The zero-order valence-electron chi connectivity index (χ0n) is 10.5. The third-order valence-electron chi connectivity index (χ3n) is 2.80. The van der Waals surface area contributed by atoms with Gasteiger partial charge in [-0.15, -0.1) is 0 Å². The molecule has 0 saturated heterocycles. The van der Waals surface area contributed by atoms with E-state index in [-0.39, 0.29) is 16.4 Å². The molecule has 20 heavy (non-hydrogen) atoms. The molecule has 0 aliphatic carbocycles. The monoisotopic (exact) mass is 290 g/mol. The second-order valence-corrected chi connectivity index (χ2v) is 5.76. The van der Waals surface area contributed by atoms with E-state index in [1.54, 1.807) is 24.3 Å². The van der Waals surface area contributed by atoms with Crippen LogP contribution in [0.4, 0.5) is 0 Å². The van der Waals surface area contributed by atoms with Crippen molar-refractivity contribution in [3.63, 3.8) is 0 Å². The normalized spacial score (nSPS) is 12.8. The molecule has 6 heteroatoms. The van der Waals surface area contributed by atoms with Crippen LogP contribution in [0.5, 0.6) is 0 Å². The molecule has 104 valence electrons. The van der Waals surface area contributed by atoms with Crippen molar-refractivity contribution in [1.29, 1.82) is 0 Å². The van der Waals surface area contributed by atoms with Gasteiger partial charge in [0.25, 0.3) is 0 Å². The minimum Gasteiger partial charge on any atom is -0.505 e. The van der Waals surface area contributed by atoms with Crippen LogP contribution in [-0.4, -0.2) is 13.5 Å². The summed E-state index contributed by atoms with van der Waals surface area (Å²) in [6, 6.07) is 14.5. The van der Waals surface area contributed by atoms with Gasteiger partial charge in [-0.25, -0.2) is 13.6 Å². The van der Waals surface area contributed by atoms with Crippen molar-refractivity contribution < 1.29 is 13.5 Å². The first-order valence-electron chi connectivity index (χ1n) is 5.77. The van der Waals surface area contributed by atoms with Crippen molar-refractivity contribution in [2.45, 2.75) is 4.90 Å². The Kier molecular flexibility index (Phi) is 3.78. The number of nitrogens with two attached hydrogens (primary N) is 2. The summed E-state index contributed by atoms with van der Waals surface area (Å²) in [6.07, 6.45) is 0. The first-order chi connectivity index (χ1) is 9.39. The molecule has 0 radical (unpaired) electrons. The molecular weight excluding hydrogens is 276 g/mol. The number of aliphatic hydroxyl groups is 1. The van der Waals surface area contributed by atoms with Gasteiger partial charge < -0.3 is 10.8 Å². The second kappa shape index (κ2) is 5.36. The van der Waals surface area contributed by atoms with Crippen molar-refractivity contribution in [2.24, 2.45) is 10.9 Å². The van der Waals surface area contributed by atoms with E-state index in [1.165, 1.54) is 24.3 Å². The molecule has 0 spiro atoms. The van der Waals surface area contributed by atoms with Crippen LogP contribution in [0.25, 0.3) is 11.5 Å². The maximum atomic E-state index is 11.1. The molecule has 2 rings (SSSR count). The Morgan fingerprint density at radius 2 is 1.45 bits per heavy atom. The van der Waals surface area contributed by atoms with Gasteiger partial charge in [-0.05, 0) is 24.3 Å². The van der Waals surface area contributed by atoms with Crippen LogP contribution in [0.1, 0.15) is 11.1 Å². The summed E-state index contributed by atoms with van der Waals surface area (Å²) in [4.78, 5) is -0.0210. The third kappa shape index (κ3) is 2.98. The van der Waals surface area contributed by atoms with Crippen molar-refractivity contribution in [2.75, 3.05) is 0 Å². The number of hydrogen-bond acceptors (Lipinski definition) is 4. The van der Waals surface area contributed by atoms with E-state index < -0.39 is 10.0 Å². The molecule has 0 aliphatic heterocycles. The summed E-state index contributed by atoms with van der Waals surface area (Å²) in [5.74, 6) is -0.114. The van der Waals surface area contributed by atoms with Crippen LogP contribution in [0.3, 0.4) is 0 Å². The lowest BCUT2D eigenvalue weighted by atomic mass is 10.1. The molecule has 0 saturated carbocycles. The smallest absolute Gasteiger partial charge is 0.238 e. The molecule has 2 aromatic rings. The Morgan fingerprint density at radius 3 is 1.95 bits per heavy atom. The van der Waals surface area contributed by atoms with Gasteiger partial charge in [0.15, 0.2) is 0 Å². The fraction of sp³-hybridized carbons (Fsp3) is 0. The Morgan fingerprint density at radius 1 is 0.900 bits per heavy atom. The molecule has 5 N–H and O–H groups in total. The second-order valence-electron chi connectivity index (χ2n) is 4.20. The van der Waals surface area contributed by atoms with Crippen LogP contribution in [0.15, 0.2) is 59.5 Å². The molecule has 0 aliphatic rings. The van der Waals surface area contributed by atoms with Gasteiger partial charge in [-0.3, -0.25) is 0 Å². The minimum absolute atomic E-state index is 0.0210. The van der Waals surface area contributed by atoms with Crippen LogP contribution in [-0.2, 0) is 10.0 Å². The van der Waals surface area contributed by atoms with E-state index in [4.69, 9.17) is 10.9 Å². The molecule has 0 fully saturated rings. The summed E-state index contributed by atoms with van der Waals surface area (Å²) < 4.78 is 22.3. The Balaban J connectivity index is 2.41. The number of rotatable bonds is 3. The fourth-order valence-corrected chi connectivity index (χ4v) is 2.23. The molecule has 0 heterocycles. The number of sulfonamides is 1. The molecule has 0 bridgehead atoms. The summed E-state index contributed by atoms with van der Waals surface area (Å²) in [7, 11) is -3.75. The fourth-order valence-electron chi connectivity index (χ4n) is 1.71. The van der Waals surface area contributed by atoms with E-state index in [0.717, 1.165) is 0 Å². The van der Waals surface area contributed by atoms with Crippen LogP contribution < -0.4 is 10.9 Å². The predicted molar refractivity (Wildman–Crippen MR) is 77.9 cm³/mol. The summed E-state index contributed by atoms with van der Waals surface area (Å²) in [5.41, 5.74) is 7.19. The van der Waals surface area contributed by atoms with Crippen molar-refractivity contribution in [3.05, 3.63) is 65.7 Å². The van der Waals surface area contributed by atoms with Gasteiger partial charge in [0.05, 0.1) is 10.6 Å². The van der Waals surface area contributed by atoms with Gasteiger partial charge in [-0.2, -0.15) is 0 Å². The zero-order valence-corrected chi connectivity index (χ0v) is 11.3. The number of hydrogen-bond donors (Lipinski definition) is 3. The highest BCUT2D eigenvalue weighted by atomic mass is 32.2. The highest BCUT2D eigenvalue weighted by Crippen LogP contribution is 2.21. The molecule has 0 aromatic heterocycles. The first kappa shape index (κ1) is 14.1. The number of benzene rings is 2. The predicted octanol–water partition coefficient (Wildman–Crippen LogP) is 1.68. The standard InChI is InChI=1S/C14H14N2O3S/c15-13(10-4-2-1-3-5-10)14(17)11-6-8-12(9-7-11)20(16,18)19/h1-9,17H,15H2,(H2,16,18,19)/b14-13-. The van der Waals surface area contributed by atoms with Gasteiger partial charge in [0, 0.05) is 11.1 Å². The summed E-state index contributed by atoms with van der Waals surface area (Å²) in [6.45, 7) is 0. The van der Waals surface area contributed by atoms with Crippen molar-refractivity contribution in [1.82, 2.24) is 0 Å². The van der Waals surface area contributed by atoms with Crippen LogP contribution >= 0.6 is 0 Å². The quantitative estimate of drug-likeness (QED) is 0.590. The van der Waals surface area contributed by atoms with E-state index >= 15 is 0 Å². The maximum Gasteiger partial charge on any atom is 0.238 e.